The van der Waals surface area contributed by atoms with Gasteiger partial charge in [-0.05, 0) is 158 Å². The first kappa shape index (κ1) is 33.4. The van der Waals surface area contributed by atoms with Crippen molar-refractivity contribution in [3.63, 3.8) is 0 Å². The fourth-order valence-corrected chi connectivity index (χ4v) is 7.91. The van der Waals surface area contributed by atoms with Crippen molar-refractivity contribution in [3.05, 3.63) is 167 Å². The maximum Gasteiger partial charge on any atom is 0.0622 e. The van der Waals surface area contributed by atoms with Crippen LogP contribution in [0.15, 0.2) is 133 Å². The van der Waals surface area contributed by atoms with Gasteiger partial charge in [0.05, 0.1) is 12.1 Å². The topological polar surface area (TPSA) is 54.1 Å². The molecular weight excluding hydrogens is 621 g/mol. The van der Waals surface area contributed by atoms with E-state index < -0.39 is 5.41 Å². The molecule has 1 aliphatic rings. The van der Waals surface area contributed by atoms with E-state index in [0.29, 0.717) is 25.7 Å². The van der Waals surface area contributed by atoms with E-state index in [9.17, 15) is 10.5 Å². The molecule has 250 valence electrons. The number of nitriles is 2. The molecule has 7 rings (SSSR count). The Morgan fingerprint density at radius 1 is 0.431 bits per heavy atom. The van der Waals surface area contributed by atoms with Gasteiger partial charge in [-0.2, -0.15) is 10.5 Å². The zero-order chi connectivity index (χ0) is 35.5. The monoisotopic (exact) mass is 662 g/mol. The van der Waals surface area contributed by atoms with Crippen LogP contribution in [-0.4, -0.2) is 0 Å². The summed E-state index contributed by atoms with van der Waals surface area (Å²) in [4.78, 5) is 4.65. The number of anilines is 6. The second kappa shape index (κ2) is 14.0. The molecule has 0 fully saturated rings. The van der Waals surface area contributed by atoms with Crippen LogP contribution in [0.5, 0.6) is 0 Å². The Balaban J connectivity index is 1.45. The van der Waals surface area contributed by atoms with Crippen LogP contribution in [0.2, 0.25) is 0 Å². The highest BCUT2D eigenvalue weighted by Crippen LogP contribution is 2.56. The number of benzene rings is 6. The summed E-state index contributed by atoms with van der Waals surface area (Å²) in [6.07, 6.45) is 2.03. The summed E-state index contributed by atoms with van der Waals surface area (Å²) in [7, 11) is 0. The van der Waals surface area contributed by atoms with Gasteiger partial charge < -0.3 is 9.80 Å². The van der Waals surface area contributed by atoms with Gasteiger partial charge in [-0.25, -0.2) is 0 Å². The van der Waals surface area contributed by atoms with Crippen molar-refractivity contribution < 1.29 is 0 Å². The molecule has 51 heavy (non-hydrogen) atoms. The minimum absolute atomic E-state index is 0.387. The van der Waals surface area contributed by atoms with Gasteiger partial charge in [-0.15, -0.1) is 0 Å². The first-order chi connectivity index (χ1) is 24.8. The zero-order valence-electron chi connectivity index (χ0n) is 29.8. The van der Waals surface area contributed by atoms with Crippen LogP contribution in [0, 0.1) is 50.4 Å². The van der Waals surface area contributed by atoms with Crippen molar-refractivity contribution >= 4 is 34.1 Å². The standard InChI is InChI=1S/C47H42N4/c1-33-11-5-15-37(27-33)50(38-16-6-12-34(2)28-38)41-19-21-43-44-22-20-42(32-46(44)47(23-9-25-48,24-10-26-49)45(43)31-41)51(39-17-7-13-35(3)29-39)40-18-8-14-36(4)30-40/h5-8,11-22,27-32H,9-10,23-24H2,1-4H3. The van der Waals surface area contributed by atoms with Gasteiger partial charge in [0.2, 0.25) is 0 Å². The lowest BCUT2D eigenvalue weighted by Gasteiger charge is -2.34. The fraction of sp³-hybridized carbons (Fsp3) is 0.191. The molecule has 0 spiro atoms. The summed E-state index contributed by atoms with van der Waals surface area (Å²) < 4.78 is 0. The third-order valence-corrected chi connectivity index (χ3v) is 10.2. The molecule has 0 saturated heterocycles. The quantitative estimate of drug-likeness (QED) is 0.146. The van der Waals surface area contributed by atoms with Gasteiger partial charge in [-0.3, -0.25) is 0 Å². The van der Waals surface area contributed by atoms with Crippen LogP contribution in [0.4, 0.5) is 34.1 Å². The third-order valence-electron chi connectivity index (χ3n) is 10.2. The first-order valence-electron chi connectivity index (χ1n) is 17.7. The predicted octanol–water partition coefficient (Wildman–Crippen LogP) is 12.7. The number of hydrogen-bond acceptors (Lipinski definition) is 4. The molecule has 6 aromatic rings. The van der Waals surface area contributed by atoms with E-state index in [0.717, 1.165) is 34.1 Å². The number of rotatable bonds is 10. The zero-order valence-corrected chi connectivity index (χ0v) is 29.8. The summed E-state index contributed by atoms with van der Waals surface area (Å²) in [5, 5.41) is 20.0. The van der Waals surface area contributed by atoms with Crippen molar-refractivity contribution in [2.75, 3.05) is 9.80 Å². The predicted molar refractivity (Wildman–Crippen MR) is 211 cm³/mol. The molecule has 0 atom stereocenters. The lowest BCUT2D eigenvalue weighted by Crippen LogP contribution is -2.26. The molecule has 0 amide bonds. The average molecular weight is 663 g/mol. The normalized spacial score (nSPS) is 12.4. The molecule has 6 aromatic carbocycles. The molecule has 0 radical (unpaired) electrons. The molecule has 0 heterocycles. The number of hydrogen-bond donors (Lipinski definition) is 0. The van der Waals surface area contributed by atoms with Crippen LogP contribution in [-0.2, 0) is 5.41 Å². The second-order valence-corrected chi connectivity index (χ2v) is 13.9. The largest absolute Gasteiger partial charge is 0.310 e. The minimum Gasteiger partial charge on any atom is -0.310 e. The Labute approximate surface area is 302 Å². The van der Waals surface area contributed by atoms with Crippen molar-refractivity contribution in [1.82, 2.24) is 0 Å². The molecule has 0 saturated carbocycles. The van der Waals surface area contributed by atoms with Crippen LogP contribution in [0.3, 0.4) is 0 Å². The van der Waals surface area contributed by atoms with Gasteiger partial charge >= 0.3 is 0 Å². The van der Waals surface area contributed by atoms with Crippen LogP contribution in [0.1, 0.15) is 59.1 Å². The van der Waals surface area contributed by atoms with E-state index in [4.69, 9.17) is 0 Å². The van der Waals surface area contributed by atoms with Gasteiger partial charge in [0, 0.05) is 52.4 Å². The van der Waals surface area contributed by atoms with E-state index in [1.807, 2.05) is 0 Å². The molecule has 0 bridgehead atoms. The van der Waals surface area contributed by atoms with Crippen molar-refractivity contribution in [2.45, 2.75) is 58.8 Å². The highest BCUT2D eigenvalue weighted by molar-refractivity contribution is 5.88. The smallest absolute Gasteiger partial charge is 0.0622 e. The molecular formula is C47H42N4. The molecule has 0 aliphatic heterocycles. The number of nitrogens with zero attached hydrogens (tertiary/aromatic N) is 4. The summed E-state index contributed by atoms with van der Waals surface area (Å²) in [5.74, 6) is 0. The molecule has 1 aliphatic carbocycles. The number of aryl methyl sites for hydroxylation is 4. The van der Waals surface area contributed by atoms with Crippen LogP contribution >= 0.6 is 0 Å². The third kappa shape index (κ3) is 6.38. The van der Waals surface area contributed by atoms with Crippen molar-refractivity contribution in [2.24, 2.45) is 0 Å². The minimum atomic E-state index is -0.516. The fourth-order valence-electron chi connectivity index (χ4n) is 7.91. The maximum absolute atomic E-state index is 10.0. The number of fused-ring (bicyclic) bond motifs is 3. The molecule has 0 N–H and O–H groups in total. The van der Waals surface area contributed by atoms with Gasteiger partial charge in [0.25, 0.3) is 0 Å². The highest BCUT2D eigenvalue weighted by atomic mass is 15.1. The summed E-state index contributed by atoms with van der Waals surface area (Å²) >= 11 is 0. The Bertz CT molecular complexity index is 2070. The lowest BCUT2D eigenvalue weighted by atomic mass is 9.71. The first-order valence-corrected chi connectivity index (χ1v) is 17.7. The second-order valence-electron chi connectivity index (χ2n) is 13.9. The van der Waals surface area contributed by atoms with Crippen LogP contribution in [0.25, 0.3) is 11.1 Å². The van der Waals surface area contributed by atoms with E-state index in [1.54, 1.807) is 0 Å². The van der Waals surface area contributed by atoms with E-state index in [2.05, 4.69) is 183 Å². The Hall–Kier alpha value is -6.10. The van der Waals surface area contributed by atoms with Crippen molar-refractivity contribution in [1.29, 1.82) is 10.5 Å². The van der Waals surface area contributed by atoms with Crippen LogP contribution < -0.4 is 9.80 Å². The Kier molecular flexibility index (Phi) is 9.18. The Morgan fingerprint density at radius 3 is 1.04 bits per heavy atom. The summed E-state index contributed by atoms with van der Waals surface area (Å²) in [6.45, 7) is 8.50. The van der Waals surface area contributed by atoms with Gasteiger partial charge in [-0.1, -0.05) is 60.7 Å². The molecule has 0 unspecified atom stereocenters. The highest BCUT2D eigenvalue weighted by Gasteiger charge is 2.43. The maximum atomic E-state index is 10.0. The Morgan fingerprint density at radius 2 is 0.745 bits per heavy atom. The van der Waals surface area contributed by atoms with Gasteiger partial charge in [0.15, 0.2) is 0 Å². The molecule has 4 heteroatoms. The average Bonchev–Trinajstić information content (AvgIpc) is 3.38. The van der Waals surface area contributed by atoms with Crippen molar-refractivity contribution in [3.8, 4) is 23.3 Å². The SMILES string of the molecule is Cc1cccc(N(c2cccc(C)c2)c2ccc3c(c2)C(CCC#N)(CCC#N)c2cc(N(c4cccc(C)c4)c4cccc(C)c4)ccc2-3)c1. The molecule has 0 aromatic heterocycles. The molecule has 4 nitrogen and oxygen atoms in total. The summed E-state index contributed by atoms with van der Waals surface area (Å²) in [5.41, 5.74) is 15.4. The summed E-state index contributed by atoms with van der Waals surface area (Å²) in [6, 6.07) is 53.0. The van der Waals surface area contributed by atoms with E-state index in [1.165, 1.54) is 44.5 Å². The van der Waals surface area contributed by atoms with Gasteiger partial charge in [0.1, 0.15) is 0 Å². The van der Waals surface area contributed by atoms with E-state index >= 15 is 0 Å². The van der Waals surface area contributed by atoms with E-state index in [-0.39, 0.29) is 0 Å². The lowest BCUT2D eigenvalue weighted by molar-refractivity contribution is 0.458.